The van der Waals surface area contributed by atoms with Crippen molar-refractivity contribution in [3.05, 3.63) is 47.9 Å². The van der Waals surface area contributed by atoms with Crippen molar-refractivity contribution in [3.8, 4) is 0 Å². The number of ether oxygens (including phenoxy) is 1. The van der Waals surface area contributed by atoms with Gasteiger partial charge in [0.1, 0.15) is 12.1 Å². The highest BCUT2D eigenvalue weighted by molar-refractivity contribution is 5.98. The quantitative estimate of drug-likeness (QED) is 0.445. The molecule has 1 heterocycles. The zero-order valence-corrected chi connectivity index (χ0v) is 8.01. The average molecular weight is 202 g/mol. The lowest BCUT2D eigenvalue weighted by Crippen LogP contribution is -2.13. The highest BCUT2D eigenvalue weighted by atomic mass is 16.5. The number of nitrogens with two attached hydrogens (primary N) is 1. The van der Waals surface area contributed by atoms with Gasteiger partial charge in [0.15, 0.2) is 0 Å². The summed E-state index contributed by atoms with van der Waals surface area (Å²) in [6, 6.07) is 9.37. The molecule has 0 aliphatic carbocycles. The predicted octanol–water partition coefficient (Wildman–Crippen LogP) is 1.18. The van der Waals surface area contributed by atoms with E-state index in [1.54, 1.807) is 0 Å². The first-order chi connectivity index (χ1) is 7.25. The standard InChI is InChI=1S/C11H10N2O2/c12-11(8-4-2-1-3-5-8)13-9-6-10(14)15-7-9/h1-5,7H,6H2,(H2,12,13). The molecule has 0 unspecified atom stereocenters. The lowest BCUT2D eigenvalue weighted by Gasteiger charge is -1.99. The molecule has 15 heavy (non-hydrogen) atoms. The molecule has 1 aliphatic rings. The number of nitrogens with zero attached hydrogens (tertiary/aromatic N) is 1. The molecular weight excluding hydrogens is 192 g/mol. The predicted molar refractivity (Wildman–Crippen MR) is 56.0 cm³/mol. The molecule has 0 radical (unpaired) electrons. The molecule has 1 aromatic carbocycles. The van der Waals surface area contributed by atoms with E-state index >= 15 is 0 Å². The molecule has 4 heteroatoms. The Morgan fingerprint density at radius 2 is 2.07 bits per heavy atom. The topological polar surface area (TPSA) is 64.7 Å². The molecule has 0 bridgehead atoms. The van der Waals surface area contributed by atoms with Crippen molar-refractivity contribution in [1.29, 1.82) is 0 Å². The second-order valence-electron chi connectivity index (χ2n) is 3.14. The van der Waals surface area contributed by atoms with Crippen LogP contribution < -0.4 is 5.73 Å². The molecule has 0 amide bonds. The van der Waals surface area contributed by atoms with Crippen LogP contribution in [-0.2, 0) is 9.53 Å². The lowest BCUT2D eigenvalue weighted by molar-refractivity contribution is -0.135. The van der Waals surface area contributed by atoms with Crippen molar-refractivity contribution in [1.82, 2.24) is 0 Å². The zero-order valence-electron chi connectivity index (χ0n) is 8.01. The summed E-state index contributed by atoms with van der Waals surface area (Å²) in [7, 11) is 0. The summed E-state index contributed by atoms with van der Waals surface area (Å²) in [6.07, 6.45) is 1.52. The van der Waals surface area contributed by atoms with Crippen LogP contribution in [0, 0.1) is 0 Å². The van der Waals surface area contributed by atoms with E-state index in [0.29, 0.717) is 11.5 Å². The minimum absolute atomic E-state index is 0.188. The van der Waals surface area contributed by atoms with Gasteiger partial charge < -0.3 is 10.5 Å². The van der Waals surface area contributed by atoms with Gasteiger partial charge in [-0.2, -0.15) is 0 Å². The highest BCUT2D eigenvalue weighted by Crippen LogP contribution is 2.13. The van der Waals surface area contributed by atoms with Gasteiger partial charge in [-0.25, -0.2) is 4.99 Å². The Labute approximate surface area is 87.1 Å². The van der Waals surface area contributed by atoms with E-state index in [-0.39, 0.29) is 12.4 Å². The molecule has 4 nitrogen and oxygen atoms in total. The van der Waals surface area contributed by atoms with E-state index in [9.17, 15) is 4.79 Å². The summed E-state index contributed by atoms with van der Waals surface area (Å²) in [4.78, 5) is 14.9. The van der Waals surface area contributed by atoms with Crippen LogP contribution in [0.3, 0.4) is 0 Å². The Balaban J connectivity index is 2.18. The van der Waals surface area contributed by atoms with Crippen molar-refractivity contribution in [2.45, 2.75) is 6.42 Å². The van der Waals surface area contributed by atoms with Gasteiger partial charge in [-0.3, -0.25) is 4.79 Å². The molecule has 2 N–H and O–H groups in total. The van der Waals surface area contributed by atoms with Gasteiger partial charge in [0.05, 0.1) is 12.1 Å². The van der Waals surface area contributed by atoms with Crippen LogP contribution in [0.15, 0.2) is 47.3 Å². The van der Waals surface area contributed by atoms with E-state index in [4.69, 9.17) is 5.73 Å². The molecule has 2 rings (SSSR count). The molecular formula is C11H10N2O2. The minimum atomic E-state index is -0.297. The normalized spacial score (nSPS) is 16.1. The van der Waals surface area contributed by atoms with Crippen molar-refractivity contribution in [2.75, 3.05) is 0 Å². The summed E-state index contributed by atoms with van der Waals surface area (Å²) in [5.74, 6) is 0.0924. The lowest BCUT2D eigenvalue weighted by atomic mass is 10.2. The molecule has 0 fully saturated rings. The fourth-order valence-corrected chi connectivity index (χ4v) is 1.26. The Bertz CT molecular complexity index is 435. The SMILES string of the molecule is NC(=NC1=COC(=O)C1)c1ccccc1. The van der Waals surface area contributed by atoms with E-state index in [1.165, 1.54) is 6.26 Å². The minimum Gasteiger partial charge on any atom is -0.432 e. The first-order valence-electron chi connectivity index (χ1n) is 4.54. The third-order valence-corrected chi connectivity index (χ3v) is 1.99. The number of cyclic esters (lactones) is 1. The van der Waals surface area contributed by atoms with Gasteiger partial charge in [0, 0.05) is 5.56 Å². The molecule has 0 saturated heterocycles. The second kappa shape index (κ2) is 3.96. The first kappa shape index (κ1) is 9.45. The van der Waals surface area contributed by atoms with Crippen molar-refractivity contribution in [2.24, 2.45) is 10.7 Å². The van der Waals surface area contributed by atoms with Crippen LogP contribution in [0.5, 0.6) is 0 Å². The molecule has 1 aliphatic heterocycles. The maximum absolute atomic E-state index is 10.8. The number of aliphatic imine (C=N–C) groups is 1. The molecule has 0 saturated carbocycles. The van der Waals surface area contributed by atoms with Crippen LogP contribution in [0.25, 0.3) is 0 Å². The van der Waals surface area contributed by atoms with Crippen molar-refractivity contribution < 1.29 is 9.53 Å². The number of rotatable bonds is 2. The third kappa shape index (κ3) is 2.22. The first-order valence-corrected chi connectivity index (χ1v) is 4.54. The molecule has 76 valence electrons. The van der Waals surface area contributed by atoms with Gasteiger partial charge >= 0.3 is 5.97 Å². The summed E-state index contributed by atoms with van der Waals surface area (Å²) in [6.45, 7) is 0. The summed E-state index contributed by atoms with van der Waals surface area (Å²) in [5.41, 5.74) is 7.15. The van der Waals surface area contributed by atoms with E-state index < -0.39 is 0 Å². The molecule has 1 aromatic rings. The Hall–Kier alpha value is -2.10. The molecule has 0 aromatic heterocycles. The zero-order chi connectivity index (χ0) is 10.7. The van der Waals surface area contributed by atoms with Crippen LogP contribution in [-0.4, -0.2) is 11.8 Å². The van der Waals surface area contributed by atoms with E-state index in [2.05, 4.69) is 9.73 Å². The Morgan fingerprint density at radius 3 is 2.67 bits per heavy atom. The van der Waals surface area contributed by atoms with Gasteiger partial charge in [0.25, 0.3) is 0 Å². The summed E-state index contributed by atoms with van der Waals surface area (Å²) >= 11 is 0. The molecule has 0 spiro atoms. The number of hydrogen-bond donors (Lipinski definition) is 1. The number of benzene rings is 1. The maximum atomic E-state index is 10.8. The third-order valence-electron chi connectivity index (χ3n) is 1.99. The van der Waals surface area contributed by atoms with Gasteiger partial charge in [-0.1, -0.05) is 30.3 Å². The maximum Gasteiger partial charge on any atom is 0.316 e. The smallest absolute Gasteiger partial charge is 0.316 e. The van der Waals surface area contributed by atoms with Crippen molar-refractivity contribution in [3.63, 3.8) is 0 Å². The number of carbonyl (C=O) groups excluding carboxylic acids is 1. The highest BCUT2D eigenvalue weighted by Gasteiger charge is 2.14. The van der Waals surface area contributed by atoms with Gasteiger partial charge in [0.2, 0.25) is 0 Å². The fraction of sp³-hybridized carbons (Fsp3) is 0.0909. The van der Waals surface area contributed by atoms with E-state index in [1.807, 2.05) is 30.3 Å². The van der Waals surface area contributed by atoms with Gasteiger partial charge in [-0.05, 0) is 0 Å². The molecule has 0 atom stereocenters. The van der Waals surface area contributed by atoms with Gasteiger partial charge in [-0.15, -0.1) is 0 Å². The fourth-order valence-electron chi connectivity index (χ4n) is 1.26. The summed E-state index contributed by atoms with van der Waals surface area (Å²) < 4.78 is 4.64. The largest absolute Gasteiger partial charge is 0.432 e. The number of hydrogen-bond acceptors (Lipinski definition) is 3. The van der Waals surface area contributed by atoms with E-state index in [0.717, 1.165) is 5.56 Å². The summed E-state index contributed by atoms with van der Waals surface area (Å²) in [5, 5.41) is 0. The van der Waals surface area contributed by atoms with Crippen LogP contribution in [0.2, 0.25) is 0 Å². The monoisotopic (exact) mass is 202 g/mol. The number of amidine groups is 1. The Kier molecular flexibility index (Phi) is 2.49. The van der Waals surface area contributed by atoms with Crippen LogP contribution in [0.1, 0.15) is 12.0 Å². The number of esters is 1. The second-order valence-corrected chi connectivity index (χ2v) is 3.14. The van der Waals surface area contributed by atoms with Crippen LogP contribution in [0.4, 0.5) is 0 Å². The number of carbonyl (C=O) groups is 1. The van der Waals surface area contributed by atoms with Crippen LogP contribution >= 0.6 is 0 Å². The Morgan fingerprint density at radius 1 is 1.33 bits per heavy atom. The van der Waals surface area contributed by atoms with Crippen molar-refractivity contribution >= 4 is 11.8 Å². The average Bonchev–Trinajstić information content (AvgIpc) is 2.65.